The first kappa shape index (κ1) is 11.7. The summed E-state index contributed by atoms with van der Waals surface area (Å²) in [6.07, 6.45) is 0.292. The van der Waals surface area contributed by atoms with Gasteiger partial charge < -0.3 is 15.2 Å². The second kappa shape index (κ2) is 4.89. The third kappa shape index (κ3) is 2.76. The number of methoxy groups -OCH3 is 2. The van der Waals surface area contributed by atoms with Crippen LogP contribution in [0.3, 0.4) is 0 Å². The molecule has 1 rings (SSSR count). The number of amidine groups is 1. The minimum Gasteiger partial charge on any atom is -0.493 e. The summed E-state index contributed by atoms with van der Waals surface area (Å²) in [4.78, 5) is 0. The molecule has 0 fully saturated rings. The van der Waals surface area contributed by atoms with Crippen molar-refractivity contribution in [3.05, 3.63) is 22.7 Å². The molecule has 0 aliphatic rings. The first-order valence-electron chi connectivity index (χ1n) is 4.31. The summed E-state index contributed by atoms with van der Waals surface area (Å²) in [7, 11) is 3.07. The Morgan fingerprint density at radius 2 is 2.07 bits per heavy atom. The van der Waals surface area contributed by atoms with E-state index < -0.39 is 0 Å². The second-order valence-corrected chi connectivity index (χ2v) is 3.44. The predicted octanol–water partition coefficient (Wildman–Crippen LogP) is 1.84. The van der Waals surface area contributed by atoms with Crippen molar-refractivity contribution in [2.75, 3.05) is 14.2 Å². The van der Waals surface area contributed by atoms with Crippen LogP contribution in [-0.4, -0.2) is 20.1 Å². The molecule has 0 aliphatic heterocycles. The zero-order chi connectivity index (χ0) is 11.4. The van der Waals surface area contributed by atoms with E-state index >= 15 is 0 Å². The molecule has 1 aromatic rings. The zero-order valence-electron chi connectivity index (χ0n) is 8.63. The van der Waals surface area contributed by atoms with Gasteiger partial charge in [0.1, 0.15) is 0 Å². The number of hydrogen-bond donors (Lipinski definition) is 2. The largest absolute Gasteiger partial charge is 0.493 e. The van der Waals surface area contributed by atoms with Gasteiger partial charge in [0.15, 0.2) is 11.5 Å². The Morgan fingerprint density at radius 3 is 2.53 bits per heavy atom. The fourth-order valence-electron chi connectivity index (χ4n) is 1.34. The number of rotatable bonds is 4. The molecule has 5 heteroatoms. The van der Waals surface area contributed by atoms with E-state index in [1.165, 1.54) is 14.2 Å². The van der Waals surface area contributed by atoms with Crippen LogP contribution in [-0.2, 0) is 6.42 Å². The lowest BCUT2D eigenvalue weighted by atomic mass is 10.1. The van der Waals surface area contributed by atoms with E-state index in [2.05, 4.69) is 0 Å². The lowest BCUT2D eigenvalue weighted by Crippen LogP contribution is -2.13. The minimum atomic E-state index is 0.0534. The van der Waals surface area contributed by atoms with Gasteiger partial charge in [-0.1, -0.05) is 11.6 Å². The number of benzene rings is 1. The molecule has 3 N–H and O–H groups in total. The maximum Gasteiger partial charge on any atom is 0.164 e. The molecular weight excluding hydrogens is 216 g/mol. The van der Waals surface area contributed by atoms with Crippen LogP contribution in [0, 0.1) is 5.41 Å². The normalized spacial score (nSPS) is 9.80. The van der Waals surface area contributed by atoms with Crippen molar-refractivity contribution >= 4 is 17.4 Å². The van der Waals surface area contributed by atoms with Crippen molar-refractivity contribution in [2.45, 2.75) is 6.42 Å². The van der Waals surface area contributed by atoms with E-state index in [4.69, 9.17) is 32.2 Å². The maximum absolute atomic E-state index is 7.24. The number of nitrogens with one attached hydrogen (secondary N) is 1. The highest BCUT2D eigenvalue weighted by atomic mass is 35.5. The molecule has 0 aromatic heterocycles. The Hall–Kier alpha value is -1.42. The lowest BCUT2D eigenvalue weighted by molar-refractivity contribution is 0.352. The molecule has 0 heterocycles. The van der Waals surface area contributed by atoms with Gasteiger partial charge in [-0.3, -0.25) is 5.41 Å². The van der Waals surface area contributed by atoms with Gasteiger partial charge in [0.05, 0.1) is 20.1 Å². The first-order chi connectivity index (χ1) is 7.08. The van der Waals surface area contributed by atoms with Crippen LogP contribution in [0.4, 0.5) is 0 Å². The molecule has 0 saturated heterocycles. The molecule has 0 radical (unpaired) electrons. The molecule has 15 heavy (non-hydrogen) atoms. The fraction of sp³-hybridized carbons (Fsp3) is 0.300. The summed E-state index contributed by atoms with van der Waals surface area (Å²) in [6, 6.07) is 3.37. The van der Waals surface area contributed by atoms with Gasteiger partial charge in [0, 0.05) is 23.1 Å². The van der Waals surface area contributed by atoms with Gasteiger partial charge in [-0.25, -0.2) is 0 Å². The Labute approximate surface area is 93.4 Å². The highest BCUT2D eigenvalue weighted by molar-refractivity contribution is 6.30. The highest BCUT2D eigenvalue weighted by Crippen LogP contribution is 2.34. The highest BCUT2D eigenvalue weighted by Gasteiger charge is 2.12. The van der Waals surface area contributed by atoms with E-state index in [9.17, 15) is 0 Å². The molecule has 0 amide bonds. The topological polar surface area (TPSA) is 68.3 Å². The van der Waals surface area contributed by atoms with Gasteiger partial charge in [-0.05, 0) is 6.07 Å². The van der Waals surface area contributed by atoms with E-state index in [1.807, 2.05) is 0 Å². The van der Waals surface area contributed by atoms with Crippen molar-refractivity contribution in [3.63, 3.8) is 0 Å². The number of halogens is 1. The summed E-state index contributed by atoms with van der Waals surface area (Å²) < 4.78 is 10.3. The molecule has 0 bridgehead atoms. The van der Waals surface area contributed by atoms with Gasteiger partial charge in [-0.15, -0.1) is 0 Å². The Morgan fingerprint density at radius 1 is 1.40 bits per heavy atom. The summed E-state index contributed by atoms with van der Waals surface area (Å²) >= 11 is 5.89. The van der Waals surface area contributed by atoms with Gasteiger partial charge >= 0.3 is 0 Å². The predicted molar refractivity (Wildman–Crippen MR) is 60.2 cm³/mol. The monoisotopic (exact) mass is 228 g/mol. The van der Waals surface area contributed by atoms with Crippen LogP contribution >= 0.6 is 11.6 Å². The van der Waals surface area contributed by atoms with Gasteiger partial charge in [-0.2, -0.15) is 0 Å². The van der Waals surface area contributed by atoms with Gasteiger partial charge in [0.2, 0.25) is 0 Å². The zero-order valence-corrected chi connectivity index (χ0v) is 9.39. The number of nitrogens with two attached hydrogens (primary N) is 1. The molecule has 0 aliphatic carbocycles. The standard InChI is InChI=1S/C10H13ClN2O2/c1-14-8-5-7(11)3-6(4-9(12)13)10(8)15-2/h3,5H,4H2,1-2H3,(H3,12,13). The second-order valence-electron chi connectivity index (χ2n) is 3.00. The van der Waals surface area contributed by atoms with Gasteiger partial charge in [0.25, 0.3) is 0 Å². The Kier molecular flexibility index (Phi) is 3.80. The maximum atomic E-state index is 7.24. The third-order valence-electron chi connectivity index (χ3n) is 1.90. The first-order valence-corrected chi connectivity index (χ1v) is 4.69. The summed E-state index contributed by atoms with van der Waals surface area (Å²) in [6.45, 7) is 0. The van der Waals surface area contributed by atoms with Crippen LogP contribution in [0.15, 0.2) is 12.1 Å². The SMILES string of the molecule is COc1cc(Cl)cc(CC(=N)N)c1OC. The summed E-state index contributed by atoms with van der Waals surface area (Å²) in [5.41, 5.74) is 6.08. The van der Waals surface area contributed by atoms with Crippen LogP contribution in [0.1, 0.15) is 5.56 Å². The smallest absolute Gasteiger partial charge is 0.164 e. The molecule has 0 unspecified atom stereocenters. The average Bonchev–Trinajstić information content (AvgIpc) is 2.15. The summed E-state index contributed by atoms with van der Waals surface area (Å²) in [5, 5.41) is 7.77. The third-order valence-corrected chi connectivity index (χ3v) is 2.12. The average molecular weight is 229 g/mol. The van der Waals surface area contributed by atoms with Crippen molar-refractivity contribution in [1.82, 2.24) is 0 Å². The van der Waals surface area contributed by atoms with Crippen LogP contribution in [0.5, 0.6) is 11.5 Å². The minimum absolute atomic E-state index is 0.0534. The fourth-order valence-corrected chi connectivity index (χ4v) is 1.57. The lowest BCUT2D eigenvalue weighted by Gasteiger charge is -2.12. The molecule has 1 aromatic carbocycles. The summed E-state index contributed by atoms with van der Waals surface area (Å²) in [5.74, 6) is 1.16. The number of hydrogen-bond acceptors (Lipinski definition) is 3. The van der Waals surface area contributed by atoms with Crippen LogP contribution in [0.2, 0.25) is 5.02 Å². The molecule has 4 nitrogen and oxygen atoms in total. The molecule has 82 valence electrons. The van der Waals surface area contributed by atoms with Crippen LogP contribution < -0.4 is 15.2 Å². The van der Waals surface area contributed by atoms with Crippen molar-refractivity contribution in [2.24, 2.45) is 5.73 Å². The molecule has 0 atom stereocenters. The van der Waals surface area contributed by atoms with Crippen molar-refractivity contribution < 1.29 is 9.47 Å². The van der Waals surface area contributed by atoms with E-state index in [1.54, 1.807) is 12.1 Å². The van der Waals surface area contributed by atoms with Crippen LogP contribution in [0.25, 0.3) is 0 Å². The Bertz CT molecular complexity index is 380. The molecule has 0 saturated carbocycles. The quantitative estimate of drug-likeness (QED) is 0.610. The van der Waals surface area contributed by atoms with Crippen molar-refractivity contribution in [3.8, 4) is 11.5 Å². The van der Waals surface area contributed by atoms with Crippen molar-refractivity contribution in [1.29, 1.82) is 5.41 Å². The molecule has 0 spiro atoms. The van der Waals surface area contributed by atoms with E-state index in [-0.39, 0.29) is 5.84 Å². The number of ether oxygens (including phenoxy) is 2. The van der Waals surface area contributed by atoms with E-state index in [0.29, 0.717) is 22.9 Å². The van der Waals surface area contributed by atoms with E-state index in [0.717, 1.165) is 5.56 Å². The Balaban J connectivity index is 3.22. The molecular formula is C10H13ClN2O2.